The predicted molar refractivity (Wildman–Crippen MR) is 205 cm³/mol. The summed E-state index contributed by atoms with van der Waals surface area (Å²) in [7, 11) is 4.10. The molecule has 2 aromatic rings. The highest BCUT2D eigenvalue weighted by Gasteiger charge is 2.32. The number of halogens is 2. The third-order valence-electron chi connectivity index (χ3n) is 9.86. The van der Waals surface area contributed by atoms with Gasteiger partial charge in [0.1, 0.15) is 0 Å². The average Bonchev–Trinajstić information content (AvgIpc) is 3.12. The maximum atomic E-state index is 13.1. The third kappa shape index (κ3) is 13.4. The molecule has 0 radical (unpaired) electrons. The van der Waals surface area contributed by atoms with E-state index in [1.54, 1.807) is 18.2 Å². The lowest BCUT2D eigenvalue weighted by molar-refractivity contribution is -0.159. The van der Waals surface area contributed by atoms with E-state index in [1.807, 2.05) is 22.9 Å². The zero-order chi connectivity index (χ0) is 36.5. The molecule has 11 heteroatoms. The van der Waals surface area contributed by atoms with E-state index < -0.39 is 12.1 Å². The molecule has 278 valence electrons. The first-order chi connectivity index (χ1) is 24.1. The van der Waals surface area contributed by atoms with Gasteiger partial charge in [0.05, 0.1) is 10.0 Å². The molecule has 2 atom stereocenters. The summed E-state index contributed by atoms with van der Waals surface area (Å²) in [4.78, 5) is 44.8. The number of amides is 2. The number of nitrogens with one attached hydrogen (secondary N) is 1. The number of esters is 1. The van der Waals surface area contributed by atoms with Crippen LogP contribution < -0.4 is 5.32 Å². The Labute approximate surface area is 310 Å². The van der Waals surface area contributed by atoms with Gasteiger partial charge in [-0.1, -0.05) is 80.6 Å². The van der Waals surface area contributed by atoms with Crippen molar-refractivity contribution in [2.24, 2.45) is 0 Å². The Kier molecular flexibility index (Phi) is 18.4. The summed E-state index contributed by atoms with van der Waals surface area (Å²) in [5.41, 5.74) is 3.24. The molecular weight excluding hydrogens is 673 g/mol. The summed E-state index contributed by atoms with van der Waals surface area (Å²) in [6, 6.07) is 14.5. The number of nitrogens with zero attached hydrogens (tertiary/aromatic N) is 4. The van der Waals surface area contributed by atoms with E-state index in [4.69, 9.17) is 27.9 Å². The van der Waals surface area contributed by atoms with E-state index >= 15 is 0 Å². The second-order valence-electron chi connectivity index (χ2n) is 13.5. The molecule has 2 heterocycles. The van der Waals surface area contributed by atoms with Crippen LogP contribution in [0.25, 0.3) is 0 Å². The highest BCUT2D eigenvalue weighted by atomic mass is 35.5. The number of piperazine rings is 1. The van der Waals surface area contributed by atoms with Crippen LogP contribution in [0.1, 0.15) is 76.8 Å². The fourth-order valence-electron chi connectivity index (χ4n) is 6.93. The Hall–Kier alpha value is -2.85. The molecular formula is C39H59Cl2N5O4. The van der Waals surface area contributed by atoms with E-state index in [9.17, 15) is 14.4 Å². The molecule has 0 bridgehead atoms. The number of anilines is 1. The molecule has 2 fully saturated rings. The summed E-state index contributed by atoms with van der Waals surface area (Å²) >= 11 is 12.1. The van der Waals surface area contributed by atoms with Crippen molar-refractivity contribution in [3.05, 3.63) is 63.6 Å². The van der Waals surface area contributed by atoms with Crippen LogP contribution in [0.2, 0.25) is 10.0 Å². The van der Waals surface area contributed by atoms with Crippen molar-refractivity contribution in [3.63, 3.8) is 0 Å². The van der Waals surface area contributed by atoms with Crippen LogP contribution in [0, 0.1) is 0 Å². The molecule has 9 nitrogen and oxygen atoms in total. The topological polar surface area (TPSA) is 85.4 Å². The second kappa shape index (κ2) is 22.2. The lowest BCUT2D eigenvalue weighted by Crippen LogP contribution is -2.56. The molecule has 0 saturated carbocycles. The molecule has 2 aromatic carbocycles. The number of carbonyl (C=O) groups is 3. The number of hydrogen-bond donors (Lipinski definition) is 1. The van der Waals surface area contributed by atoms with Crippen molar-refractivity contribution >= 4 is 47.2 Å². The van der Waals surface area contributed by atoms with Crippen molar-refractivity contribution in [2.45, 2.75) is 96.7 Å². The van der Waals surface area contributed by atoms with E-state index in [0.29, 0.717) is 35.2 Å². The molecule has 0 aromatic heterocycles. The quantitative estimate of drug-likeness (QED) is 0.150. The summed E-state index contributed by atoms with van der Waals surface area (Å²) in [5, 5.41) is 4.09. The normalized spacial score (nSPS) is 16.9. The highest BCUT2D eigenvalue weighted by Crippen LogP contribution is 2.25. The Morgan fingerprint density at radius 3 is 2.28 bits per heavy atom. The van der Waals surface area contributed by atoms with Crippen LogP contribution >= 0.6 is 23.2 Å². The molecule has 2 amide bonds. The highest BCUT2D eigenvalue weighted by molar-refractivity contribution is 6.42. The summed E-state index contributed by atoms with van der Waals surface area (Å²) < 4.78 is 5.37. The first kappa shape index (κ1) is 41.6. The van der Waals surface area contributed by atoms with Gasteiger partial charge in [-0.3, -0.25) is 19.3 Å². The lowest BCUT2D eigenvalue weighted by Gasteiger charge is -2.42. The van der Waals surface area contributed by atoms with Crippen molar-refractivity contribution in [2.75, 3.05) is 65.2 Å². The number of likely N-dealkylation sites (tertiary alicyclic amines) is 1. The van der Waals surface area contributed by atoms with E-state index in [0.717, 1.165) is 76.1 Å². The molecule has 1 unspecified atom stereocenters. The summed E-state index contributed by atoms with van der Waals surface area (Å²) in [6.45, 7) is 11.8. The lowest BCUT2D eigenvalue weighted by atomic mass is 10.0. The van der Waals surface area contributed by atoms with Crippen molar-refractivity contribution < 1.29 is 19.1 Å². The number of ether oxygens (including phenoxy) is 1. The number of piperidine rings is 1. The molecule has 2 saturated heterocycles. The van der Waals surface area contributed by atoms with Gasteiger partial charge in [0.25, 0.3) is 5.91 Å². The zero-order valence-electron chi connectivity index (χ0n) is 30.8. The monoisotopic (exact) mass is 731 g/mol. The SMILES string of the molecule is CC(=O)O[C@H](Cc1ccc(Cl)c(Cl)c1)C(=O)N1CCN(C2CCN(C)CC2)CC1.CCCCC(CCC)N(C=O)CCc1ccccc1NC. The van der Waals surface area contributed by atoms with Crippen molar-refractivity contribution in [1.82, 2.24) is 19.6 Å². The Morgan fingerprint density at radius 1 is 0.980 bits per heavy atom. The average molecular weight is 733 g/mol. The minimum atomic E-state index is -0.848. The minimum absolute atomic E-state index is 0.144. The van der Waals surface area contributed by atoms with Crippen LogP contribution in [-0.4, -0.2) is 116 Å². The minimum Gasteiger partial charge on any atom is -0.452 e. The van der Waals surface area contributed by atoms with Gasteiger partial charge in [0.2, 0.25) is 6.41 Å². The Bertz CT molecular complexity index is 1330. The van der Waals surface area contributed by atoms with Crippen LogP contribution in [0.3, 0.4) is 0 Å². The van der Waals surface area contributed by atoms with Gasteiger partial charge in [0, 0.05) is 70.9 Å². The van der Waals surface area contributed by atoms with Crippen molar-refractivity contribution in [1.29, 1.82) is 0 Å². The number of carbonyl (C=O) groups excluding carboxylic acids is 3. The zero-order valence-corrected chi connectivity index (χ0v) is 32.4. The van der Waals surface area contributed by atoms with Gasteiger partial charge in [-0.15, -0.1) is 0 Å². The second-order valence-corrected chi connectivity index (χ2v) is 14.3. The molecule has 2 aliphatic heterocycles. The molecule has 50 heavy (non-hydrogen) atoms. The third-order valence-corrected chi connectivity index (χ3v) is 10.6. The van der Waals surface area contributed by atoms with Gasteiger partial charge in [-0.05, 0) is 81.6 Å². The largest absolute Gasteiger partial charge is 0.452 e. The van der Waals surface area contributed by atoms with Gasteiger partial charge in [-0.25, -0.2) is 0 Å². The summed E-state index contributed by atoms with van der Waals surface area (Å²) in [6.07, 6.45) is 9.48. The molecule has 0 aliphatic carbocycles. The van der Waals surface area contributed by atoms with E-state index in [-0.39, 0.29) is 12.3 Å². The number of rotatable bonds is 16. The fourth-order valence-corrected chi connectivity index (χ4v) is 7.25. The predicted octanol–water partition coefficient (Wildman–Crippen LogP) is 6.79. The van der Waals surface area contributed by atoms with E-state index in [2.05, 4.69) is 54.2 Å². The molecule has 4 rings (SSSR count). The Balaban J connectivity index is 0.000000286. The van der Waals surface area contributed by atoms with E-state index in [1.165, 1.54) is 38.2 Å². The smallest absolute Gasteiger partial charge is 0.303 e. The molecule has 1 N–H and O–H groups in total. The van der Waals surface area contributed by atoms with Crippen LogP contribution in [0.4, 0.5) is 5.69 Å². The standard InChI is InChI=1S/C21H29Cl2N3O3.C18H30N2O/c1-15(27)29-20(14-16-3-4-18(22)19(23)13-16)21(28)26-11-9-25(10-12-26)17-5-7-24(2)8-6-17;1-4-6-11-17(9-5-2)20(15-21)14-13-16-10-7-8-12-18(16)19-3/h3-4,13,17,20H,5-12,14H2,1-2H3;7-8,10,12,15,17,19H,4-6,9,11,13-14H2,1-3H3/t20-;/m1./s1. The van der Waals surface area contributed by atoms with Crippen LogP contribution in [0.5, 0.6) is 0 Å². The molecule has 0 spiro atoms. The van der Waals surface area contributed by atoms with Crippen LogP contribution in [0.15, 0.2) is 42.5 Å². The number of unbranched alkanes of at least 4 members (excludes halogenated alkanes) is 1. The van der Waals surface area contributed by atoms with Gasteiger partial charge < -0.3 is 24.8 Å². The van der Waals surface area contributed by atoms with Gasteiger partial charge in [0.15, 0.2) is 6.10 Å². The maximum Gasteiger partial charge on any atom is 0.303 e. The fraction of sp³-hybridized carbons (Fsp3) is 0.615. The van der Waals surface area contributed by atoms with Gasteiger partial charge in [-0.2, -0.15) is 0 Å². The van der Waals surface area contributed by atoms with Gasteiger partial charge >= 0.3 is 5.97 Å². The summed E-state index contributed by atoms with van der Waals surface area (Å²) in [5.74, 6) is -0.609. The number of hydrogen-bond acceptors (Lipinski definition) is 7. The first-order valence-corrected chi connectivity index (χ1v) is 19.1. The maximum absolute atomic E-state index is 13.1. The number of para-hydroxylation sites is 1. The number of benzene rings is 2. The van der Waals surface area contributed by atoms with Crippen molar-refractivity contribution in [3.8, 4) is 0 Å². The Morgan fingerprint density at radius 2 is 1.68 bits per heavy atom. The first-order valence-electron chi connectivity index (χ1n) is 18.4. The van der Waals surface area contributed by atoms with Crippen LogP contribution in [-0.2, 0) is 32.0 Å². The molecule has 2 aliphatic rings.